The van der Waals surface area contributed by atoms with Crippen LogP contribution in [0.5, 0.6) is 5.75 Å². The largest absolute Gasteiger partial charge is 0.507 e. The molecule has 21 heavy (non-hydrogen) atoms. The molecule has 2 atom stereocenters. The van der Waals surface area contributed by atoms with Crippen molar-refractivity contribution in [2.45, 2.75) is 38.6 Å². The molecule has 7 heteroatoms. The molecular formula is C14H20FNO5. The SMILES string of the molecule is CC(C)(C)OC(=O)NCC(O)C(O)c1c(O)cccc1F. The molecule has 0 saturated heterocycles. The van der Waals surface area contributed by atoms with Gasteiger partial charge in [0, 0.05) is 6.54 Å². The Hall–Kier alpha value is -1.86. The summed E-state index contributed by atoms with van der Waals surface area (Å²) >= 11 is 0. The molecule has 6 nitrogen and oxygen atoms in total. The summed E-state index contributed by atoms with van der Waals surface area (Å²) in [6.07, 6.45) is -3.95. The van der Waals surface area contributed by atoms with Crippen LogP contribution in [0.3, 0.4) is 0 Å². The third kappa shape index (κ3) is 5.20. The molecule has 118 valence electrons. The number of amides is 1. The van der Waals surface area contributed by atoms with Gasteiger partial charge in [-0.15, -0.1) is 0 Å². The van der Waals surface area contributed by atoms with Crippen LogP contribution in [0.25, 0.3) is 0 Å². The van der Waals surface area contributed by atoms with E-state index in [2.05, 4.69) is 5.32 Å². The van der Waals surface area contributed by atoms with E-state index in [4.69, 9.17) is 4.74 Å². The van der Waals surface area contributed by atoms with Gasteiger partial charge in [0.05, 0.1) is 5.56 Å². The van der Waals surface area contributed by atoms with Gasteiger partial charge in [0.2, 0.25) is 0 Å². The Morgan fingerprint density at radius 1 is 1.38 bits per heavy atom. The van der Waals surface area contributed by atoms with Gasteiger partial charge < -0.3 is 25.4 Å². The molecule has 0 radical (unpaired) electrons. The van der Waals surface area contributed by atoms with Crippen molar-refractivity contribution in [3.8, 4) is 5.75 Å². The molecule has 0 fully saturated rings. The first kappa shape index (κ1) is 17.2. The number of phenolic OH excluding ortho intramolecular Hbond substituents is 1. The van der Waals surface area contributed by atoms with E-state index in [0.29, 0.717) is 0 Å². The lowest BCUT2D eigenvalue weighted by atomic mass is 10.0. The van der Waals surface area contributed by atoms with E-state index in [1.54, 1.807) is 20.8 Å². The van der Waals surface area contributed by atoms with Crippen molar-refractivity contribution >= 4 is 6.09 Å². The number of hydrogen-bond donors (Lipinski definition) is 4. The standard InChI is InChI=1S/C14H20FNO5/c1-14(2,3)21-13(20)16-7-10(18)12(19)11-8(15)5-4-6-9(11)17/h4-6,10,12,17-19H,7H2,1-3H3,(H,16,20). The topological polar surface area (TPSA) is 99.0 Å². The minimum atomic E-state index is -1.68. The smallest absolute Gasteiger partial charge is 0.407 e. The third-order valence-electron chi connectivity index (χ3n) is 2.54. The van der Waals surface area contributed by atoms with Crippen molar-refractivity contribution in [2.24, 2.45) is 0 Å². The third-order valence-corrected chi connectivity index (χ3v) is 2.54. The number of carbonyl (C=O) groups is 1. The molecule has 1 aromatic rings. The highest BCUT2D eigenvalue weighted by Crippen LogP contribution is 2.28. The maximum absolute atomic E-state index is 13.5. The highest BCUT2D eigenvalue weighted by molar-refractivity contribution is 5.67. The molecule has 1 amide bonds. The monoisotopic (exact) mass is 301 g/mol. The van der Waals surface area contributed by atoms with Crippen molar-refractivity contribution in [1.82, 2.24) is 5.32 Å². The van der Waals surface area contributed by atoms with E-state index in [0.717, 1.165) is 6.07 Å². The molecule has 4 N–H and O–H groups in total. The van der Waals surface area contributed by atoms with Crippen LogP contribution in [-0.4, -0.2) is 39.7 Å². The molecule has 0 spiro atoms. The van der Waals surface area contributed by atoms with E-state index < -0.39 is 41.0 Å². The number of hydrogen-bond acceptors (Lipinski definition) is 5. The summed E-state index contributed by atoms with van der Waals surface area (Å²) in [5, 5.41) is 31.4. The number of benzene rings is 1. The molecule has 0 aliphatic rings. The van der Waals surface area contributed by atoms with Gasteiger partial charge in [0.1, 0.15) is 29.4 Å². The first-order chi connectivity index (χ1) is 9.61. The van der Waals surface area contributed by atoms with Crippen molar-refractivity contribution < 1.29 is 29.2 Å². The fourth-order valence-corrected chi connectivity index (χ4v) is 1.62. The molecule has 1 aromatic carbocycles. The molecule has 0 heterocycles. The second-order valence-corrected chi connectivity index (χ2v) is 5.57. The van der Waals surface area contributed by atoms with Crippen LogP contribution < -0.4 is 5.32 Å². The van der Waals surface area contributed by atoms with Crippen LogP contribution in [0.15, 0.2) is 18.2 Å². The number of halogens is 1. The highest BCUT2D eigenvalue weighted by atomic mass is 19.1. The molecule has 0 aliphatic carbocycles. The van der Waals surface area contributed by atoms with E-state index in [1.807, 2.05) is 0 Å². The quantitative estimate of drug-likeness (QED) is 0.674. The van der Waals surface area contributed by atoms with Crippen LogP contribution in [0.2, 0.25) is 0 Å². The van der Waals surface area contributed by atoms with E-state index in [-0.39, 0.29) is 6.54 Å². The number of nitrogens with one attached hydrogen (secondary N) is 1. The van der Waals surface area contributed by atoms with Crippen molar-refractivity contribution in [1.29, 1.82) is 0 Å². The Kier molecular flexibility index (Phi) is 5.51. The number of phenols is 1. The molecule has 0 saturated carbocycles. The average molecular weight is 301 g/mol. The highest BCUT2D eigenvalue weighted by Gasteiger charge is 2.25. The number of alkyl carbamates (subject to hydrolysis) is 1. The summed E-state index contributed by atoms with van der Waals surface area (Å²) in [7, 11) is 0. The second kappa shape index (κ2) is 6.73. The second-order valence-electron chi connectivity index (χ2n) is 5.57. The Labute approximate surface area is 122 Å². The van der Waals surface area contributed by atoms with Gasteiger partial charge in [-0.05, 0) is 32.9 Å². The summed E-state index contributed by atoms with van der Waals surface area (Å²) in [5.41, 5.74) is -1.12. The summed E-state index contributed by atoms with van der Waals surface area (Å²) < 4.78 is 18.5. The lowest BCUT2D eigenvalue weighted by molar-refractivity contribution is 0.0102. The molecule has 0 aliphatic heterocycles. The number of aromatic hydroxyl groups is 1. The fourth-order valence-electron chi connectivity index (χ4n) is 1.62. The Bertz CT molecular complexity index is 480. The summed E-state index contributed by atoms with van der Waals surface area (Å²) in [6.45, 7) is 4.67. The predicted molar refractivity (Wildman–Crippen MR) is 73.3 cm³/mol. The maximum atomic E-state index is 13.5. The maximum Gasteiger partial charge on any atom is 0.407 e. The van der Waals surface area contributed by atoms with Crippen LogP contribution in [0.1, 0.15) is 32.4 Å². The van der Waals surface area contributed by atoms with Gasteiger partial charge in [-0.3, -0.25) is 0 Å². The van der Waals surface area contributed by atoms with Crippen LogP contribution in [0, 0.1) is 5.82 Å². The number of rotatable bonds is 4. The van der Waals surface area contributed by atoms with Crippen molar-refractivity contribution in [3.63, 3.8) is 0 Å². The predicted octanol–water partition coefficient (Wildman–Crippen LogP) is 1.45. The van der Waals surface area contributed by atoms with E-state index >= 15 is 0 Å². The lowest BCUT2D eigenvalue weighted by Gasteiger charge is -2.22. The Morgan fingerprint density at radius 2 is 2.00 bits per heavy atom. The zero-order valence-electron chi connectivity index (χ0n) is 12.1. The van der Waals surface area contributed by atoms with E-state index in [9.17, 15) is 24.5 Å². The number of aliphatic hydroxyl groups is 2. The summed E-state index contributed by atoms with van der Waals surface area (Å²) in [4.78, 5) is 11.4. The van der Waals surface area contributed by atoms with Gasteiger partial charge >= 0.3 is 6.09 Å². The Balaban J connectivity index is 2.63. The number of aliphatic hydroxyl groups excluding tert-OH is 2. The minimum Gasteiger partial charge on any atom is -0.507 e. The molecular weight excluding hydrogens is 281 g/mol. The van der Waals surface area contributed by atoms with Gasteiger partial charge in [0.25, 0.3) is 0 Å². The van der Waals surface area contributed by atoms with Crippen molar-refractivity contribution in [2.75, 3.05) is 6.54 Å². The average Bonchev–Trinajstić information content (AvgIpc) is 2.33. The number of carbonyl (C=O) groups excluding carboxylic acids is 1. The van der Waals surface area contributed by atoms with Crippen molar-refractivity contribution in [3.05, 3.63) is 29.6 Å². The molecule has 2 unspecified atom stereocenters. The molecule has 1 rings (SSSR count). The van der Waals surface area contributed by atoms with Crippen LogP contribution in [0.4, 0.5) is 9.18 Å². The Morgan fingerprint density at radius 3 is 2.52 bits per heavy atom. The first-order valence-electron chi connectivity index (χ1n) is 6.42. The summed E-state index contributed by atoms with van der Waals surface area (Å²) in [6, 6.07) is 3.51. The van der Waals surface area contributed by atoms with E-state index in [1.165, 1.54) is 12.1 Å². The van der Waals surface area contributed by atoms with Gasteiger partial charge in [-0.1, -0.05) is 6.07 Å². The van der Waals surface area contributed by atoms with Crippen LogP contribution in [-0.2, 0) is 4.74 Å². The normalized spacial score (nSPS) is 14.4. The van der Waals surface area contributed by atoms with Crippen LogP contribution >= 0.6 is 0 Å². The lowest BCUT2D eigenvalue weighted by Crippen LogP contribution is -2.39. The van der Waals surface area contributed by atoms with Gasteiger partial charge in [0.15, 0.2) is 0 Å². The first-order valence-corrected chi connectivity index (χ1v) is 6.42. The zero-order valence-corrected chi connectivity index (χ0v) is 12.1. The fraction of sp³-hybridized carbons (Fsp3) is 0.500. The number of ether oxygens (including phenoxy) is 1. The summed E-state index contributed by atoms with van der Waals surface area (Å²) in [5.74, 6) is -1.32. The van der Waals surface area contributed by atoms with Gasteiger partial charge in [-0.25, -0.2) is 9.18 Å². The molecule has 0 aromatic heterocycles. The van der Waals surface area contributed by atoms with Gasteiger partial charge in [-0.2, -0.15) is 0 Å². The molecule has 0 bridgehead atoms. The zero-order chi connectivity index (χ0) is 16.2. The minimum absolute atomic E-state index is 0.357.